The van der Waals surface area contributed by atoms with Gasteiger partial charge in [0.1, 0.15) is 6.61 Å². The Morgan fingerprint density at radius 3 is 1.77 bits per heavy atom. The zero-order chi connectivity index (χ0) is 34.7. The van der Waals surface area contributed by atoms with Crippen molar-refractivity contribution in [3.8, 4) is 11.1 Å². The fourth-order valence-corrected chi connectivity index (χ4v) is 11.3. The van der Waals surface area contributed by atoms with Gasteiger partial charge in [0.2, 0.25) is 0 Å². The lowest BCUT2D eigenvalue weighted by molar-refractivity contribution is -0.393. The number of hydrogen-bond donors (Lipinski definition) is 0. The van der Waals surface area contributed by atoms with Gasteiger partial charge in [0.15, 0.2) is 5.78 Å². The van der Waals surface area contributed by atoms with Crippen LogP contribution >= 0.6 is 47.0 Å². The molecule has 2 aromatic rings. The molecule has 0 saturated heterocycles. The molecular weight excluding hydrogens is 699 g/mol. The number of unbranched alkanes of at least 4 members (excludes halogenated alkanes) is 4. The highest BCUT2D eigenvalue weighted by atomic mass is 32.2. The predicted octanol–water partition coefficient (Wildman–Crippen LogP) is 10.5. The topological polar surface area (TPSA) is 173 Å². The van der Waals surface area contributed by atoms with Crippen molar-refractivity contribution in [2.75, 3.05) is 6.61 Å². The van der Waals surface area contributed by atoms with Gasteiger partial charge in [0, 0.05) is 54.5 Å². The summed E-state index contributed by atoms with van der Waals surface area (Å²) >= 11 is 6.75. The third kappa shape index (κ3) is 7.36. The minimum atomic E-state index is -1.02. The van der Waals surface area contributed by atoms with E-state index >= 15 is 0 Å². The molecule has 0 bridgehead atoms. The zero-order valence-corrected chi connectivity index (χ0v) is 29.6. The maximum absolute atomic E-state index is 13.6. The number of thioether (sulfide) groups is 4. The van der Waals surface area contributed by atoms with Crippen LogP contribution in [0.25, 0.3) is 11.1 Å². The van der Waals surface area contributed by atoms with Crippen LogP contribution in [-0.4, -0.2) is 33.1 Å². The smallest absolute Gasteiger partial charge is 0.339 e. The summed E-state index contributed by atoms with van der Waals surface area (Å²) in [6.45, 7) is 6.15. The Balaban J connectivity index is 1.39. The van der Waals surface area contributed by atoms with Crippen LogP contribution in [0.4, 0.5) is 17.1 Å². The first-order valence-corrected chi connectivity index (χ1v) is 18.6. The Hall–Kier alpha value is -3.60. The average molecular weight is 730 g/mol. The van der Waals surface area contributed by atoms with Gasteiger partial charge in [-0.2, -0.15) is 0 Å². The van der Waals surface area contributed by atoms with Crippen LogP contribution in [0.1, 0.15) is 98.4 Å². The van der Waals surface area contributed by atoms with E-state index in [4.69, 9.17) is 4.74 Å². The van der Waals surface area contributed by atoms with Gasteiger partial charge in [0.25, 0.3) is 17.1 Å². The molecule has 0 fully saturated rings. The van der Waals surface area contributed by atoms with Crippen LogP contribution in [-0.2, 0) is 4.74 Å². The number of allylic oxidation sites excluding steroid dienone is 3. The number of carbonyl (C=O) groups excluding carboxylic acids is 2. The van der Waals surface area contributed by atoms with Crippen molar-refractivity contribution in [3.05, 3.63) is 99.4 Å². The second-order valence-corrected chi connectivity index (χ2v) is 16.3. The van der Waals surface area contributed by atoms with E-state index in [1.165, 1.54) is 38.7 Å². The third-order valence-corrected chi connectivity index (χ3v) is 13.9. The number of nitro groups is 3. The molecule has 0 N–H and O–H groups in total. The molecule has 0 saturated carbocycles. The van der Waals surface area contributed by atoms with Crippen molar-refractivity contribution in [1.82, 2.24) is 0 Å². The number of esters is 1. The summed E-state index contributed by atoms with van der Waals surface area (Å²) in [5, 5.41) is 35.2. The van der Waals surface area contributed by atoms with E-state index in [2.05, 4.69) is 13.8 Å². The second kappa shape index (κ2) is 15.3. The highest BCUT2D eigenvalue weighted by Crippen LogP contribution is 2.61. The lowest BCUT2D eigenvalue weighted by atomic mass is 9.97. The van der Waals surface area contributed by atoms with Crippen molar-refractivity contribution in [2.45, 2.75) is 72.1 Å². The molecular formula is C32H31N3O9S4. The molecule has 16 heteroatoms. The van der Waals surface area contributed by atoms with E-state index in [0.717, 1.165) is 70.8 Å². The number of nitrogens with zero attached hydrogens (tertiary/aromatic N) is 3. The molecule has 5 rings (SSSR count). The first-order valence-electron chi connectivity index (χ1n) is 15.3. The maximum Gasteiger partial charge on any atom is 0.339 e. The van der Waals surface area contributed by atoms with E-state index in [9.17, 15) is 39.9 Å². The predicted molar refractivity (Wildman–Crippen MR) is 191 cm³/mol. The fraction of sp³-hybridized carbons (Fsp3) is 0.375. The van der Waals surface area contributed by atoms with Crippen molar-refractivity contribution in [2.24, 2.45) is 0 Å². The van der Waals surface area contributed by atoms with Gasteiger partial charge in [0.05, 0.1) is 40.4 Å². The molecule has 48 heavy (non-hydrogen) atoms. The van der Waals surface area contributed by atoms with Crippen LogP contribution in [0.5, 0.6) is 0 Å². The molecule has 2 aromatic carbocycles. The van der Waals surface area contributed by atoms with Crippen LogP contribution in [0.2, 0.25) is 0 Å². The van der Waals surface area contributed by atoms with Gasteiger partial charge in [-0.1, -0.05) is 86.6 Å². The second-order valence-electron chi connectivity index (χ2n) is 11.2. The van der Waals surface area contributed by atoms with Crippen molar-refractivity contribution < 1.29 is 29.1 Å². The number of non-ortho nitro benzene ring substituents is 2. The summed E-state index contributed by atoms with van der Waals surface area (Å²) in [5.74, 6) is -1.91. The van der Waals surface area contributed by atoms with Gasteiger partial charge in [-0.15, -0.1) is 0 Å². The number of rotatable bonds is 14. The Kier molecular flexibility index (Phi) is 11.4. The van der Waals surface area contributed by atoms with Crippen LogP contribution in [0.3, 0.4) is 0 Å². The van der Waals surface area contributed by atoms with Crippen LogP contribution in [0.15, 0.2) is 52.4 Å². The normalized spacial score (nSPS) is 15.4. The first-order chi connectivity index (χ1) is 22.9. The van der Waals surface area contributed by atoms with Crippen molar-refractivity contribution in [3.63, 3.8) is 0 Å². The summed E-state index contributed by atoms with van der Waals surface area (Å²) in [7, 11) is 0. The molecule has 0 spiro atoms. The quantitative estimate of drug-likeness (QED) is 0.0664. The summed E-state index contributed by atoms with van der Waals surface area (Å²) in [4.78, 5) is 64.1. The summed E-state index contributed by atoms with van der Waals surface area (Å²) in [6.07, 6.45) is 9.09. The molecule has 3 aliphatic rings. The zero-order valence-electron chi connectivity index (χ0n) is 26.3. The molecule has 2 heterocycles. The third-order valence-electron chi connectivity index (χ3n) is 7.92. The maximum atomic E-state index is 13.6. The van der Waals surface area contributed by atoms with Gasteiger partial charge in [-0.05, 0) is 32.6 Å². The van der Waals surface area contributed by atoms with Crippen LogP contribution < -0.4 is 0 Å². The van der Waals surface area contributed by atoms with E-state index in [1.807, 2.05) is 30.4 Å². The molecule has 0 amide bonds. The summed E-state index contributed by atoms with van der Waals surface area (Å²) in [6, 6.07) is 3.40. The monoisotopic (exact) mass is 729 g/mol. The van der Waals surface area contributed by atoms with E-state index in [1.54, 1.807) is 11.8 Å². The number of ketones is 1. The first kappa shape index (κ1) is 35.7. The number of fused-ring (bicyclic) bond motifs is 3. The molecule has 2 aliphatic heterocycles. The molecule has 1 aliphatic carbocycles. The van der Waals surface area contributed by atoms with Crippen molar-refractivity contribution in [1.29, 1.82) is 0 Å². The molecule has 0 atom stereocenters. The van der Waals surface area contributed by atoms with Gasteiger partial charge in [-0.3, -0.25) is 35.1 Å². The van der Waals surface area contributed by atoms with Gasteiger partial charge >= 0.3 is 5.97 Å². The highest BCUT2D eigenvalue weighted by molar-refractivity contribution is 8.34. The minimum absolute atomic E-state index is 0.158. The molecule has 0 unspecified atom stereocenters. The Labute approximate surface area is 293 Å². The Morgan fingerprint density at radius 2 is 1.23 bits per heavy atom. The highest BCUT2D eigenvalue weighted by Gasteiger charge is 2.41. The SMILES string of the molecule is CCCCCC1=C(CCCCC)SC(=C2SC(C)=C(COC(=O)c3cc([N+](=O)[O-])cc4c3-c3c(cc([N+](=O)[O-])cc3[N+](=O)[O-])C4=O)S2)S1. The van der Waals surface area contributed by atoms with Crippen molar-refractivity contribution >= 4 is 75.9 Å². The number of ether oxygens (including phenoxy) is 1. The van der Waals surface area contributed by atoms with E-state index in [-0.39, 0.29) is 28.9 Å². The van der Waals surface area contributed by atoms with Gasteiger partial charge in [-0.25, -0.2) is 4.79 Å². The molecule has 252 valence electrons. The lowest BCUT2D eigenvalue weighted by Gasteiger charge is -2.10. The Bertz CT molecular complexity index is 1830. The lowest BCUT2D eigenvalue weighted by Crippen LogP contribution is -2.10. The van der Waals surface area contributed by atoms with E-state index in [0.29, 0.717) is 6.07 Å². The molecule has 12 nitrogen and oxygen atoms in total. The largest absolute Gasteiger partial charge is 0.457 e. The standard InChI is InChI=1S/C32H31N3O9S4/c1-4-6-8-10-24-25(11-9-7-5-2)47-32(46-24)31-45-17(3)26(48-31)16-44-30(37)22-14-18(33(38)39)12-20-27(22)28-21(29(20)36)13-19(34(40)41)15-23(28)35(42)43/h12-15H,4-11,16H2,1-3H3. The Morgan fingerprint density at radius 1 is 0.708 bits per heavy atom. The molecule has 0 aromatic heterocycles. The fourth-order valence-electron chi connectivity index (χ4n) is 5.51. The summed E-state index contributed by atoms with van der Waals surface area (Å²) < 4.78 is 7.95. The van der Waals surface area contributed by atoms with Crippen LogP contribution in [0, 0.1) is 30.3 Å². The van der Waals surface area contributed by atoms with Gasteiger partial charge < -0.3 is 4.74 Å². The number of carbonyl (C=O) groups is 2. The number of benzene rings is 2. The minimum Gasteiger partial charge on any atom is -0.457 e. The number of hydrogen-bond acceptors (Lipinski definition) is 13. The average Bonchev–Trinajstić information content (AvgIpc) is 3.72. The number of nitro benzene ring substituents is 3. The summed E-state index contributed by atoms with van der Waals surface area (Å²) in [5.41, 5.74) is -3.72. The molecule has 0 radical (unpaired) electrons. The van der Waals surface area contributed by atoms with E-state index < -0.39 is 49.1 Å².